The van der Waals surface area contributed by atoms with E-state index in [9.17, 15) is 9.18 Å². The molecule has 1 aromatic carbocycles. The van der Waals surface area contributed by atoms with Crippen molar-refractivity contribution in [3.63, 3.8) is 0 Å². The molecule has 0 amide bonds. The minimum atomic E-state index is -0.432. The molecule has 0 saturated heterocycles. The summed E-state index contributed by atoms with van der Waals surface area (Å²) in [7, 11) is 2.86. The van der Waals surface area contributed by atoms with Gasteiger partial charge in [0.05, 0.1) is 24.8 Å². The summed E-state index contributed by atoms with van der Waals surface area (Å²) in [5.41, 5.74) is 0.638. The molecule has 0 aromatic heterocycles. The molecule has 15 heavy (non-hydrogen) atoms. The summed E-state index contributed by atoms with van der Waals surface area (Å²) in [5.74, 6) is -0.341. The Bertz CT molecular complexity index is 374. The number of methoxy groups -OCH3 is 2. The number of ketones is 1. The molecule has 0 atom stereocenters. The Labute approximate surface area is 87.8 Å². The number of carbonyl (C=O) groups excluding carboxylic acids is 1. The van der Waals surface area contributed by atoms with Crippen LogP contribution in [0.3, 0.4) is 0 Å². The van der Waals surface area contributed by atoms with E-state index in [4.69, 9.17) is 9.47 Å². The number of Topliss-reactive ketones (excluding diaryl/α,β-unsaturated/α-hetero) is 1. The predicted octanol–water partition coefficient (Wildman–Crippen LogP) is 2.18. The zero-order valence-electron chi connectivity index (χ0n) is 8.96. The van der Waals surface area contributed by atoms with Gasteiger partial charge in [0.25, 0.3) is 0 Å². The van der Waals surface area contributed by atoms with E-state index in [0.717, 1.165) is 0 Å². The van der Waals surface area contributed by atoms with E-state index in [-0.39, 0.29) is 23.7 Å². The largest absolute Gasteiger partial charge is 0.496 e. The first-order valence-electron chi connectivity index (χ1n) is 4.47. The average Bonchev–Trinajstić information content (AvgIpc) is 2.20. The summed E-state index contributed by atoms with van der Waals surface area (Å²) in [6.45, 7) is 1.49. The van der Waals surface area contributed by atoms with Gasteiger partial charge in [-0.3, -0.25) is 4.79 Å². The first kappa shape index (κ1) is 11.7. The minimum Gasteiger partial charge on any atom is -0.496 e. The number of ether oxygens (including phenoxy) is 2. The first-order valence-corrected chi connectivity index (χ1v) is 4.47. The lowest BCUT2D eigenvalue weighted by Crippen LogP contribution is -2.04. The third kappa shape index (κ3) is 2.33. The molecular weight excluding hydrogens is 199 g/mol. The first-order chi connectivity index (χ1) is 7.11. The van der Waals surface area contributed by atoms with Gasteiger partial charge >= 0.3 is 0 Å². The molecule has 0 aliphatic heterocycles. The Kier molecular flexibility index (Phi) is 3.80. The van der Waals surface area contributed by atoms with E-state index in [0.29, 0.717) is 5.56 Å². The van der Waals surface area contributed by atoms with Gasteiger partial charge < -0.3 is 9.47 Å². The number of hydrogen-bond acceptors (Lipinski definition) is 3. The smallest absolute Gasteiger partial charge is 0.163 e. The van der Waals surface area contributed by atoms with Gasteiger partial charge in [-0.05, 0) is 19.1 Å². The van der Waals surface area contributed by atoms with Crippen molar-refractivity contribution in [3.05, 3.63) is 29.1 Å². The normalized spacial score (nSPS) is 10.1. The van der Waals surface area contributed by atoms with E-state index < -0.39 is 5.82 Å². The zero-order chi connectivity index (χ0) is 11.4. The quantitative estimate of drug-likeness (QED) is 0.717. The van der Waals surface area contributed by atoms with Crippen molar-refractivity contribution in [2.24, 2.45) is 0 Å². The van der Waals surface area contributed by atoms with Crippen molar-refractivity contribution in [1.82, 2.24) is 0 Å². The van der Waals surface area contributed by atoms with Crippen LogP contribution in [0.1, 0.15) is 22.8 Å². The SMILES string of the molecule is COCc1c(F)ccc(C(C)=O)c1OC. The molecule has 0 aliphatic carbocycles. The summed E-state index contributed by atoms with van der Waals surface area (Å²) in [5, 5.41) is 0. The Morgan fingerprint density at radius 2 is 2.07 bits per heavy atom. The molecule has 0 N–H and O–H groups in total. The van der Waals surface area contributed by atoms with Crippen LogP contribution in [0.25, 0.3) is 0 Å². The van der Waals surface area contributed by atoms with Crippen molar-refractivity contribution < 1.29 is 18.7 Å². The Hall–Kier alpha value is -1.42. The number of benzene rings is 1. The third-order valence-electron chi connectivity index (χ3n) is 2.08. The van der Waals surface area contributed by atoms with Gasteiger partial charge in [-0.1, -0.05) is 0 Å². The third-order valence-corrected chi connectivity index (χ3v) is 2.08. The summed E-state index contributed by atoms with van der Waals surface area (Å²) >= 11 is 0. The minimum absolute atomic E-state index is 0.0795. The van der Waals surface area contributed by atoms with Crippen molar-refractivity contribution in [2.75, 3.05) is 14.2 Å². The van der Waals surface area contributed by atoms with Gasteiger partial charge in [0.1, 0.15) is 11.6 Å². The summed E-state index contributed by atoms with van der Waals surface area (Å²) in [6, 6.07) is 2.66. The summed E-state index contributed by atoms with van der Waals surface area (Å²) < 4.78 is 23.3. The Morgan fingerprint density at radius 1 is 1.40 bits per heavy atom. The van der Waals surface area contributed by atoms with Gasteiger partial charge in [0.2, 0.25) is 0 Å². The van der Waals surface area contributed by atoms with Crippen molar-refractivity contribution >= 4 is 5.78 Å². The van der Waals surface area contributed by atoms with Gasteiger partial charge in [0.15, 0.2) is 5.78 Å². The highest BCUT2D eigenvalue weighted by molar-refractivity contribution is 5.97. The van der Waals surface area contributed by atoms with Gasteiger partial charge in [-0.15, -0.1) is 0 Å². The molecule has 1 rings (SSSR count). The van der Waals surface area contributed by atoms with Crippen molar-refractivity contribution in [1.29, 1.82) is 0 Å². The molecule has 0 saturated carbocycles. The lowest BCUT2D eigenvalue weighted by molar-refractivity contribution is 0.101. The molecule has 0 bridgehead atoms. The maximum absolute atomic E-state index is 13.4. The molecular formula is C11H13FO3. The van der Waals surface area contributed by atoms with Crippen LogP contribution in [0, 0.1) is 5.82 Å². The van der Waals surface area contributed by atoms with Crippen LogP contribution in [0.2, 0.25) is 0 Å². The molecule has 1 aromatic rings. The second kappa shape index (κ2) is 4.89. The molecule has 0 fully saturated rings. The molecule has 0 unspecified atom stereocenters. The molecule has 4 heteroatoms. The van der Waals surface area contributed by atoms with Crippen LogP contribution >= 0.6 is 0 Å². The monoisotopic (exact) mass is 212 g/mol. The van der Waals surface area contributed by atoms with Crippen LogP contribution < -0.4 is 4.74 Å². The number of carbonyl (C=O) groups is 1. The lowest BCUT2D eigenvalue weighted by Gasteiger charge is -2.12. The van der Waals surface area contributed by atoms with Crippen LogP contribution in [0.4, 0.5) is 4.39 Å². The van der Waals surface area contributed by atoms with Gasteiger partial charge in [-0.25, -0.2) is 4.39 Å². The zero-order valence-corrected chi connectivity index (χ0v) is 8.96. The number of hydrogen-bond donors (Lipinski definition) is 0. The van der Waals surface area contributed by atoms with Crippen LogP contribution in [-0.2, 0) is 11.3 Å². The molecule has 0 spiro atoms. The fraction of sp³-hybridized carbons (Fsp3) is 0.364. The Morgan fingerprint density at radius 3 is 2.53 bits per heavy atom. The van der Waals surface area contributed by atoms with Crippen LogP contribution in [0.5, 0.6) is 5.75 Å². The second-order valence-electron chi connectivity index (χ2n) is 3.10. The maximum atomic E-state index is 13.4. The maximum Gasteiger partial charge on any atom is 0.163 e. The van der Waals surface area contributed by atoms with E-state index in [1.54, 1.807) is 0 Å². The van der Waals surface area contributed by atoms with E-state index in [1.807, 2.05) is 0 Å². The van der Waals surface area contributed by atoms with Gasteiger partial charge in [-0.2, -0.15) is 0 Å². The van der Waals surface area contributed by atoms with Crippen LogP contribution in [-0.4, -0.2) is 20.0 Å². The standard InChI is InChI=1S/C11H13FO3/c1-7(13)8-4-5-10(12)9(6-14-2)11(8)15-3/h4-5H,6H2,1-3H3. The van der Waals surface area contributed by atoms with Crippen molar-refractivity contribution in [2.45, 2.75) is 13.5 Å². The summed E-state index contributed by atoms with van der Waals surface area (Å²) in [4.78, 5) is 11.2. The summed E-state index contributed by atoms with van der Waals surface area (Å²) in [6.07, 6.45) is 0. The van der Waals surface area contributed by atoms with Crippen LogP contribution in [0.15, 0.2) is 12.1 Å². The molecule has 0 aliphatic rings. The Balaban J connectivity index is 3.33. The lowest BCUT2D eigenvalue weighted by atomic mass is 10.1. The highest BCUT2D eigenvalue weighted by Crippen LogP contribution is 2.27. The fourth-order valence-corrected chi connectivity index (χ4v) is 1.39. The predicted molar refractivity (Wildman–Crippen MR) is 53.7 cm³/mol. The number of halogens is 1. The van der Waals surface area contributed by atoms with Crippen molar-refractivity contribution in [3.8, 4) is 5.75 Å². The average molecular weight is 212 g/mol. The van der Waals surface area contributed by atoms with E-state index in [1.165, 1.54) is 33.3 Å². The molecule has 3 nitrogen and oxygen atoms in total. The van der Waals surface area contributed by atoms with E-state index in [2.05, 4.69) is 0 Å². The number of rotatable bonds is 4. The highest BCUT2D eigenvalue weighted by atomic mass is 19.1. The fourth-order valence-electron chi connectivity index (χ4n) is 1.39. The van der Waals surface area contributed by atoms with E-state index >= 15 is 0 Å². The van der Waals surface area contributed by atoms with Gasteiger partial charge in [0, 0.05) is 7.11 Å². The molecule has 0 heterocycles. The topological polar surface area (TPSA) is 35.5 Å². The molecule has 82 valence electrons. The highest BCUT2D eigenvalue weighted by Gasteiger charge is 2.16. The molecule has 0 radical (unpaired) electrons. The second-order valence-corrected chi connectivity index (χ2v) is 3.10.